The second-order valence-electron chi connectivity index (χ2n) is 6.20. The van der Waals surface area contributed by atoms with Crippen LogP contribution in [0.4, 0.5) is 0 Å². The van der Waals surface area contributed by atoms with Crippen molar-refractivity contribution in [2.24, 2.45) is 5.92 Å². The highest BCUT2D eigenvalue weighted by Gasteiger charge is 2.29. The van der Waals surface area contributed by atoms with E-state index in [1.165, 1.54) is 17.9 Å². The summed E-state index contributed by atoms with van der Waals surface area (Å²) in [5.41, 5.74) is 1.07. The molecule has 0 bridgehead atoms. The average Bonchev–Trinajstić information content (AvgIpc) is 2.63. The van der Waals surface area contributed by atoms with E-state index in [1.807, 2.05) is 24.3 Å². The van der Waals surface area contributed by atoms with Crippen LogP contribution in [0.1, 0.15) is 38.0 Å². The number of hydrogen-bond acceptors (Lipinski definition) is 5. The molecule has 0 amide bonds. The predicted octanol–water partition coefficient (Wildman–Crippen LogP) is 4.72. The number of ether oxygens (including phenoxy) is 3. The van der Waals surface area contributed by atoms with Gasteiger partial charge in [-0.2, -0.15) is 0 Å². The van der Waals surface area contributed by atoms with Crippen LogP contribution >= 0.6 is 23.5 Å². The number of rotatable bonds is 5. The highest BCUT2D eigenvalue weighted by molar-refractivity contribution is 8.17. The van der Waals surface area contributed by atoms with Crippen LogP contribution in [0.5, 0.6) is 5.75 Å². The molecule has 0 radical (unpaired) electrons. The lowest BCUT2D eigenvalue weighted by Crippen LogP contribution is -2.30. The van der Waals surface area contributed by atoms with Crippen LogP contribution in [-0.2, 0) is 9.47 Å². The van der Waals surface area contributed by atoms with E-state index in [0.29, 0.717) is 12.0 Å². The van der Waals surface area contributed by atoms with E-state index in [9.17, 15) is 0 Å². The van der Waals surface area contributed by atoms with Gasteiger partial charge in [-0.05, 0) is 48.8 Å². The van der Waals surface area contributed by atoms with Crippen molar-refractivity contribution in [1.82, 2.24) is 0 Å². The van der Waals surface area contributed by atoms with Gasteiger partial charge in [-0.15, -0.1) is 23.5 Å². The molecule has 0 N–H and O–H groups in total. The van der Waals surface area contributed by atoms with E-state index < -0.39 is 0 Å². The number of methoxy groups -OCH3 is 1. The Bertz CT molecular complexity index is 474. The number of hydrogen-bond donors (Lipinski definition) is 0. The molecular weight excluding hydrogens is 328 g/mol. The fourth-order valence-electron chi connectivity index (χ4n) is 3.06. The predicted molar refractivity (Wildman–Crippen MR) is 98.3 cm³/mol. The van der Waals surface area contributed by atoms with Gasteiger partial charge in [0.05, 0.1) is 24.4 Å². The Morgan fingerprint density at radius 3 is 2.65 bits per heavy atom. The van der Waals surface area contributed by atoms with Gasteiger partial charge >= 0.3 is 0 Å². The topological polar surface area (TPSA) is 27.7 Å². The second kappa shape index (κ2) is 8.65. The van der Waals surface area contributed by atoms with Crippen molar-refractivity contribution in [3.05, 3.63) is 29.8 Å². The fraction of sp³-hybridized carbons (Fsp3) is 0.667. The Morgan fingerprint density at radius 1 is 1.22 bits per heavy atom. The van der Waals surface area contributed by atoms with Crippen molar-refractivity contribution in [1.29, 1.82) is 0 Å². The molecule has 2 fully saturated rings. The quantitative estimate of drug-likeness (QED) is 0.763. The highest BCUT2D eigenvalue weighted by Crippen LogP contribution is 2.39. The maximum atomic E-state index is 6.23. The third kappa shape index (κ3) is 4.81. The van der Waals surface area contributed by atoms with Gasteiger partial charge in [-0.25, -0.2) is 0 Å². The van der Waals surface area contributed by atoms with Crippen LogP contribution in [0.25, 0.3) is 0 Å². The molecule has 0 saturated carbocycles. The molecule has 5 heteroatoms. The van der Waals surface area contributed by atoms with Crippen LogP contribution in [-0.4, -0.2) is 35.9 Å². The molecule has 2 heterocycles. The van der Waals surface area contributed by atoms with Crippen molar-refractivity contribution < 1.29 is 14.2 Å². The molecule has 0 aliphatic carbocycles. The summed E-state index contributed by atoms with van der Waals surface area (Å²) in [5.74, 6) is 4.17. The molecule has 1 aromatic carbocycles. The first-order chi connectivity index (χ1) is 11.3. The van der Waals surface area contributed by atoms with E-state index in [2.05, 4.69) is 30.4 Å². The fourth-order valence-corrected chi connectivity index (χ4v) is 6.17. The van der Waals surface area contributed by atoms with Crippen molar-refractivity contribution in [2.75, 3.05) is 25.2 Å². The lowest BCUT2D eigenvalue weighted by molar-refractivity contribution is -0.220. The average molecular weight is 355 g/mol. The van der Waals surface area contributed by atoms with Gasteiger partial charge in [0.25, 0.3) is 0 Å². The first-order valence-corrected chi connectivity index (χ1v) is 10.5. The first-order valence-electron chi connectivity index (χ1n) is 8.40. The third-order valence-corrected chi connectivity index (χ3v) is 7.82. The van der Waals surface area contributed by atoms with Crippen LogP contribution in [0, 0.1) is 5.92 Å². The molecule has 23 heavy (non-hydrogen) atoms. The summed E-state index contributed by atoms with van der Waals surface area (Å²) in [5, 5.41) is 0. The molecule has 3 rings (SSSR count). The first kappa shape index (κ1) is 17.5. The van der Waals surface area contributed by atoms with Crippen LogP contribution in [0.15, 0.2) is 24.3 Å². The molecular formula is C18H26O3S2. The Balaban J connectivity index is 1.54. The minimum Gasteiger partial charge on any atom is -0.497 e. The summed E-state index contributed by atoms with van der Waals surface area (Å²) in [4.78, 5) is 0. The van der Waals surface area contributed by atoms with Gasteiger partial charge in [0.15, 0.2) is 6.29 Å². The van der Waals surface area contributed by atoms with Gasteiger partial charge in [-0.1, -0.05) is 19.1 Å². The Labute approximate surface area is 147 Å². The van der Waals surface area contributed by atoms with Gasteiger partial charge in [0.1, 0.15) is 5.75 Å². The summed E-state index contributed by atoms with van der Waals surface area (Å²) >= 11 is 4.25. The summed E-state index contributed by atoms with van der Waals surface area (Å²) in [6.45, 7) is 3.15. The summed E-state index contributed by atoms with van der Waals surface area (Å²) < 4.78 is 18.0. The zero-order chi connectivity index (χ0) is 16.1. The summed E-state index contributed by atoms with van der Waals surface area (Å²) in [6.07, 6.45) is 3.54. The summed E-state index contributed by atoms with van der Waals surface area (Å²) in [6, 6.07) is 7.98. The minimum atomic E-state index is -0.237. The third-order valence-electron chi connectivity index (χ3n) is 4.37. The molecule has 0 spiro atoms. The van der Waals surface area contributed by atoms with Gasteiger partial charge in [-0.3, -0.25) is 0 Å². The van der Waals surface area contributed by atoms with E-state index in [0.717, 1.165) is 35.3 Å². The molecule has 1 aromatic rings. The van der Waals surface area contributed by atoms with Gasteiger partial charge in [0.2, 0.25) is 0 Å². The largest absolute Gasteiger partial charge is 0.497 e. The number of thioether (sulfide) groups is 2. The zero-order valence-corrected chi connectivity index (χ0v) is 15.5. The zero-order valence-electron chi connectivity index (χ0n) is 13.9. The minimum absolute atomic E-state index is 0.237. The molecule has 0 unspecified atom stereocenters. The Morgan fingerprint density at radius 2 is 1.96 bits per heavy atom. The van der Waals surface area contributed by atoms with Crippen LogP contribution in [0.2, 0.25) is 0 Å². The SMILES string of the molecule is COc1ccc([C@@H]2OCC[C@@H](C[C@@H](C)C3SCCCS3)O2)cc1. The Hall–Kier alpha value is -0.360. The molecule has 0 aromatic heterocycles. The van der Waals surface area contributed by atoms with E-state index in [1.54, 1.807) is 7.11 Å². The molecule has 2 aliphatic rings. The molecule has 128 valence electrons. The van der Waals surface area contributed by atoms with Crippen LogP contribution < -0.4 is 4.74 Å². The standard InChI is InChI=1S/C18H26O3S2/c1-13(18-22-10-3-11-23-18)12-16-8-9-20-17(21-16)14-4-6-15(19-2)7-5-14/h4-7,13,16-18H,3,8-12H2,1-2H3/t13-,16+,17-/m1/s1. The molecule has 3 nitrogen and oxygen atoms in total. The van der Waals surface area contributed by atoms with Gasteiger partial charge in [0, 0.05) is 5.56 Å². The van der Waals surface area contributed by atoms with Crippen molar-refractivity contribution >= 4 is 23.5 Å². The Kier molecular flexibility index (Phi) is 6.57. The summed E-state index contributed by atoms with van der Waals surface area (Å²) in [7, 11) is 1.68. The monoisotopic (exact) mass is 354 g/mol. The van der Waals surface area contributed by atoms with Crippen molar-refractivity contribution in [3.8, 4) is 5.75 Å². The molecule has 3 atom stereocenters. The maximum Gasteiger partial charge on any atom is 0.184 e. The van der Waals surface area contributed by atoms with E-state index in [4.69, 9.17) is 14.2 Å². The highest BCUT2D eigenvalue weighted by atomic mass is 32.2. The normalized spacial score (nSPS) is 27.6. The molecule has 2 aliphatic heterocycles. The molecule has 2 saturated heterocycles. The van der Waals surface area contributed by atoms with E-state index >= 15 is 0 Å². The lowest BCUT2D eigenvalue weighted by atomic mass is 10.0. The van der Waals surface area contributed by atoms with Crippen molar-refractivity contribution in [2.45, 2.75) is 43.2 Å². The van der Waals surface area contributed by atoms with E-state index in [-0.39, 0.29) is 6.29 Å². The van der Waals surface area contributed by atoms with Gasteiger partial charge < -0.3 is 14.2 Å². The second-order valence-corrected chi connectivity index (χ2v) is 9.00. The smallest absolute Gasteiger partial charge is 0.184 e. The number of benzene rings is 1. The lowest BCUT2D eigenvalue weighted by Gasteiger charge is -2.34. The van der Waals surface area contributed by atoms with Crippen molar-refractivity contribution in [3.63, 3.8) is 0 Å². The van der Waals surface area contributed by atoms with Crippen LogP contribution in [0.3, 0.4) is 0 Å². The maximum absolute atomic E-state index is 6.23.